The van der Waals surface area contributed by atoms with Crippen LogP contribution < -0.4 is 0 Å². The highest BCUT2D eigenvalue weighted by molar-refractivity contribution is 6.22. The minimum absolute atomic E-state index is 0.00866. The van der Waals surface area contributed by atoms with Gasteiger partial charge in [-0.05, 0) is 42.7 Å². The monoisotopic (exact) mass is 254 g/mol. The third-order valence-electron chi connectivity index (χ3n) is 4.21. The molecule has 0 aromatic heterocycles. The van der Waals surface area contributed by atoms with E-state index >= 15 is 0 Å². The van der Waals surface area contributed by atoms with Crippen LogP contribution in [0.25, 0.3) is 0 Å². The third kappa shape index (κ3) is 2.27. The van der Waals surface area contributed by atoms with E-state index in [0.29, 0.717) is 24.3 Å². The second-order valence-corrected chi connectivity index (χ2v) is 5.56. The van der Waals surface area contributed by atoms with Gasteiger partial charge in [0, 0.05) is 12.8 Å². The zero-order valence-corrected chi connectivity index (χ0v) is 11.2. The number of rotatable bonds is 2. The molecule has 98 valence electrons. The predicted molar refractivity (Wildman–Crippen MR) is 74.2 cm³/mol. The van der Waals surface area contributed by atoms with Crippen LogP contribution in [0.4, 0.5) is 0 Å². The summed E-state index contributed by atoms with van der Waals surface area (Å²) in [5, 5.41) is 0. The smallest absolute Gasteiger partial charge is 0.166 e. The van der Waals surface area contributed by atoms with Crippen LogP contribution in [-0.2, 0) is 9.59 Å². The van der Waals surface area contributed by atoms with Gasteiger partial charge in [-0.1, -0.05) is 30.3 Å². The summed E-state index contributed by atoms with van der Waals surface area (Å²) in [5.41, 5.74) is 2.99. The van der Waals surface area contributed by atoms with Gasteiger partial charge in [0.15, 0.2) is 11.6 Å². The van der Waals surface area contributed by atoms with Gasteiger partial charge in [0.05, 0.1) is 5.57 Å². The van der Waals surface area contributed by atoms with Crippen LogP contribution in [0.3, 0.4) is 0 Å². The fourth-order valence-electron chi connectivity index (χ4n) is 3.09. The molecule has 0 bridgehead atoms. The average Bonchev–Trinajstić information content (AvgIpc) is 3.22. The quantitative estimate of drug-likeness (QED) is 0.597. The topological polar surface area (TPSA) is 34.1 Å². The molecule has 0 amide bonds. The number of Topliss-reactive ketones (excluding diaryl/α,β-unsaturated/α-hetero) is 2. The molecular weight excluding hydrogens is 236 g/mol. The number of benzene rings is 1. The first kappa shape index (κ1) is 12.3. The van der Waals surface area contributed by atoms with Crippen LogP contribution in [0.15, 0.2) is 35.9 Å². The lowest BCUT2D eigenvalue weighted by molar-refractivity contribution is -0.124. The lowest BCUT2D eigenvalue weighted by Gasteiger charge is -2.24. The fraction of sp³-hybridized carbons (Fsp3) is 0.412. The summed E-state index contributed by atoms with van der Waals surface area (Å²) in [6, 6.07) is 8.33. The summed E-state index contributed by atoms with van der Waals surface area (Å²) in [6.07, 6.45) is 5.11. The van der Waals surface area contributed by atoms with Gasteiger partial charge in [0.25, 0.3) is 0 Å². The van der Waals surface area contributed by atoms with Gasteiger partial charge in [-0.3, -0.25) is 9.59 Å². The fourth-order valence-corrected chi connectivity index (χ4v) is 3.09. The Labute approximate surface area is 113 Å². The normalized spacial score (nSPS) is 23.6. The molecular formula is C17H18O2. The molecule has 1 aromatic carbocycles. The van der Waals surface area contributed by atoms with E-state index < -0.39 is 0 Å². The molecule has 0 heterocycles. The molecule has 2 aliphatic carbocycles. The molecule has 2 fully saturated rings. The van der Waals surface area contributed by atoms with Crippen molar-refractivity contribution >= 4 is 11.6 Å². The van der Waals surface area contributed by atoms with Gasteiger partial charge in [0.1, 0.15) is 0 Å². The Morgan fingerprint density at radius 1 is 0.947 bits per heavy atom. The first-order chi connectivity index (χ1) is 9.20. The third-order valence-corrected chi connectivity index (χ3v) is 4.21. The summed E-state index contributed by atoms with van der Waals surface area (Å²) in [4.78, 5) is 24.1. The Bertz CT molecular complexity index is 544. The van der Waals surface area contributed by atoms with Crippen LogP contribution in [-0.4, -0.2) is 11.6 Å². The first-order valence-electron chi connectivity index (χ1n) is 7.02. The van der Waals surface area contributed by atoms with Crippen molar-refractivity contribution in [1.82, 2.24) is 0 Å². The highest BCUT2D eigenvalue weighted by Gasteiger charge is 2.34. The molecule has 2 aliphatic rings. The minimum atomic E-state index is 0.00866. The summed E-state index contributed by atoms with van der Waals surface area (Å²) < 4.78 is 0. The van der Waals surface area contributed by atoms with Crippen molar-refractivity contribution in [1.29, 1.82) is 0 Å². The number of allylic oxidation sites excluding steroid dienone is 2. The van der Waals surface area contributed by atoms with E-state index in [0.717, 1.165) is 0 Å². The Balaban J connectivity index is 1.92. The van der Waals surface area contributed by atoms with Crippen LogP contribution in [0.2, 0.25) is 0 Å². The maximum atomic E-state index is 12.0. The van der Waals surface area contributed by atoms with Crippen LogP contribution in [0.5, 0.6) is 0 Å². The summed E-state index contributed by atoms with van der Waals surface area (Å²) in [5.74, 6) is 0.758. The van der Waals surface area contributed by atoms with Crippen LogP contribution in [0, 0.1) is 0 Å². The molecule has 0 saturated heterocycles. The number of carbonyl (C=O) groups excluding carboxylic acids is 2. The zero-order chi connectivity index (χ0) is 13.4. The standard InChI is InChI=1S/C17H18O2/c1-2-13-16(18)9-12(10-17(13)19)15-6-4-3-5-14(15)11-7-8-11/h2-6,11-12H,7-10H2,1H3. The van der Waals surface area contributed by atoms with Gasteiger partial charge in [0.2, 0.25) is 0 Å². The van der Waals surface area contributed by atoms with E-state index in [1.54, 1.807) is 13.0 Å². The summed E-state index contributed by atoms with van der Waals surface area (Å²) >= 11 is 0. The van der Waals surface area contributed by atoms with Gasteiger partial charge in [-0.2, -0.15) is 0 Å². The molecule has 2 nitrogen and oxygen atoms in total. The Kier molecular flexibility index (Phi) is 3.09. The largest absolute Gasteiger partial charge is 0.294 e. The van der Waals surface area contributed by atoms with Crippen LogP contribution >= 0.6 is 0 Å². The Morgan fingerprint density at radius 2 is 1.47 bits per heavy atom. The second-order valence-electron chi connectivity index (χ2n) is 5.56. The Hall–Kier alpha value is -1.70. The minimum Gasteiger partial charge on any atom is -0.294 e. The maximum absolute atomic E-state index is 12.0. The number of ketones is 2. The van der Waals surface area contributed by atoms with Crippen molar-refractivity contribution < 1.29 is 9.59 Å². The van der Waals surface area contributed by atoms with Crippen molar-refractivity contribution in [3.8, 4) is 0 Å². The highest BCUT2D eigenvalue weighted by atomic mass is 16.1. The molecule has 2 saturated carbocycles. The zero-order valence-electron chi connectivity index (χ0n) is 11.2. The van der Waals surface area contributed by atoms with Gasteiger partial charge < -0.3 is 0 Å². The first-order valence-corrected chi connectivity index (χ1v) is 7.02. The lowest BCUT2D eigenvalue weighted by Crippen LogP contribution is -2.25. The SMILES string of the molecule is CC=C1C(=O)CC(c2ccccc2C2CC2)CC1=O. The van der Waals surface area contributed by atoms with Crippen molar-refractivity contribution in [3.63, 3.8) is 0 Å². The van der Waals surface area contributed by atoms with E-state index in [9.17, 15) is 9.59 Å². The predicted octanol–water partition coefficient (Wildman–Crippen LogP) is 3.53. The van der Waals surface area contributed by atoms with Gasteiger partial charge >= 0.3 is 0 Å². The maximum Gasteiger partial charge on any atom is 0.166 e. The molecule has 3 rings (SSSR count). The second kappa shape index (κ2) is 4.76. The van der Waals surface area contributed by atoms with Gasteiger partial charge in [-0.25, -0.2) is 0 Å². The molecule has 0 N–H and O–H groups in total. The summed E-state index contributed by atoms with van der Waals surface area (Å²) in [6.45, 7) is 1.77. The molecule has 1 aromatic rings. The molecule has 0 radical (unpaired) electrons. The van der Waals surface area contributed by atoms with E-state index in [2.05, 4.69) is 18.2 Å². The molecule has 2 heteroatoms. The van der Waals surface area contributed by atoms with Crippen molar-refractivity contribution in [3.05, 3.63) is 47.0 Å². The van der Waals surface area contributed by atoms with Crippen LogP contribution in [0.1, 0.15) is 55.6 Å². The van der Waals surface area contributed by atoms with E-state index in [1.807, 2.05) is 6.07 Å². The molecule has 0 unspecified atom stereocenters. The van der Waals surface area contributed by atoms with Crippen molar-refractivity contribution in [2.45, 2.75) is 44.4 Å². The number of carbonyl (C=O) groups is 2. The highest BCUT2D eigenvalue weighted by Crippen LogP contribution is 2.45. The average molecular weight is 254 g/mol. The number of hydrogen-bond acceptors (Lipinski definition) is 2. The van der Waals surface area contributed by atoms with E-state index in [4.69, 9.17) is 0 Å². The lowest BCUT2D eigenvalue weighted by atomic mass is 9.78. The molecule has 19 heavy (non-hydrogen) atoms. The van der Waals surface area contributed by atoms with Crippen molar-refractivity contribution in [2.75, 3.05) is 0 Å². The van der Waals surface area contributed by atoms with E-state index in [1.165, 1.54) is 24.0 Å². The van der Waals surface area contributed by atoms with Gasteiger partial charge in [-0.15, -0.1) is 0 Å². The summed E-state index contributed by atoms with van der Waals surface area (Å²) in [7, 11) is 0. The Morgan fingerprint density at radius 3 is 1.95 bits per heavy atom. The molecule has 0 atom stereocenters. The van der Waals surface area contributed by atoms with E-state index in [-0.39, 0.29) is 17.5 Å². The molecule has 0 spiro atoms. The molecule has 0 aliphatic heterocycles. The number of hydrogen-bond donors (Lipinski definition) is 0. The van der Waals surface area contributed by atoms with Crippen molar-refractivity contribution in [2.24, 2.45) is 0 Å².